The van der Waals surface area contributed by atoms with Crippen LogP contribution in [0.25, 0.3) is 0 Å². The number of aromatic nitrogens is 2. The van der Waals surface area contributed by atoms with Crippen LogP contribution in [0.3, 0.4) is 0 Å². The fraction of sp³-hybridized carbons (Fsp3) is 0.636. The number of nitrogens with one attached hydrogen (secondary N) is 2. The van der Waals surface area contributed by atoms with E-state index >= 15 is 0 Å². The highest BCUT2D eigenvalue weighted by Crippen LogP contribution is 2.25. The Balaban J connectivity index is 2.10. The van der Waals surface area contributed by atoms with Gasteiger partial charge in [0.15, 0.2) is 0 Å². The van der Waals surface area contributed by atoms with E-state index in [4.69, 9.17) is 0 Å². The van der Waals surface area contributed by atoms with E-state index in [-0.39, 0.29) is 10.9 Å². The molecule has 2 unspecified atom stereocenters. The first-order chi connectivity index (χ1) is 8.51. The fourth-order valence-electron chi connectivity index (χ4n) is 2.19. The van der Waals surface area contributed by atoms with Crippen molar-refractivity contribution < 1.29 is 8.42 Å². The van der Waals surface area contributed by atoms with Crippen molar-refractivity contribution in [1.82, 2.24) is 14.7 Å². The highest BCUT2D eigenvalue weighted by molar-refractivity contribution is 7.89. The van der Waals surface area contributed by atoms with Crippen molar-refractivity contribution in [3.8, 4) is 0 Å². The van der Waals surface area contributed by atoms with Crippen LogP contribution in [0.15, 0.2) is 17.3 Å². The molecule has 1 aromatic rings. The second kappa shape index (κ2) is 5.19. The highest BCUT2D eigenvalue weighted by Gasteiger charge is 2.26. The van der Waals surface area contributed by atoms with Crippen LogP contribution in [0, 0.1) is 5.92 Å². The molecule has 1 aliphatic carbocycles. The molecule has 1 saturated carbocycles. The van der Waals surface area contributed by atoms with Crippen molar-refractivity contribution in [3.05, 3.63) is 12.4 Å². The van der Waals surface area contributed by atoms with Crippen molar-refractivity contribution in [1.29, 1.82) is 0 Å². The number of nitrogens with zero attached hydrogens (tertiary/aromatic N) is 2. The lowest BCUT2D eigenvalue weighted by Crippen LogP contribution is -2.33. The molecule has 0 spiro atoms. The Morgan fingerprint density at radius 3 is 2.44 bits per heavy atom. The van der Waals surface area contributed by atoms with Crippen LogP contribution in [0.4, 0.5) is 5.95 Å². The van der Waals surface area contributed by atoms with Gasteiger partial charge in [0.1, 0.15) is 4.90 Å². The van der Waals surface area contributed by atoms with E-state index in [1.54, 1.807) is 7.05 Å². The molecule has 100 valence electrons. The predicted octanol–water partition coefficient (Wildman–Crippen LogP) is 0.985. The second-order valence-corrected chi connectivity index (χ2v) is 6.44. The van der Waals surface area contributed by atoms with E-state index in [2.05, 4.69) is 26.9 Å². The first kappa shape index (κ1) is 13.2. The molecule has 0 saturated heterocycles. The predicted molar refractivity (Wildman–Crippen MR) is 68.7 cm³/mol. The standard InChI is InChI=1S/C11H18N4O2S/c1-8-3-4-9(5-8)15-18(16,17)10-6-13-11(12-2)14-7-10/h6-9,15H,3-5H2,1-2H3,(H,12,13,14). The normalized spacial score (nSPS) is 24.1. The smallest absolute Gasteiger partial charge is 0.243 e. The summed E-state index contributed by atoms with van der Waals surface area (Å²) in [4.78, 5) is 7.94. The van der Waals surface area contributed by atoms with Crippen LogP contribution in [0.5, 0.6) is 0 Å². The van der Waals surface area contributed by atoms with Crippen molar-refractivity contribution >= 4 is 16.0 Å². The maximum Gasteiger partial charge on any atom is 0.243 e. The van der Waals surface area contributed by atoms with E-state index in [9.17, 15) is 8.42 Å². The third kappa shape index (κ3) is 2.97. The minimum Gasteiger partial charge on any atom is -0.357 e. The van der Waals surface area contributed by atoms with Crippen LogP contribution < -0.4 is 10.0 Å². The van der Waals surface area contributed by atoms with Gasteiger partial charge in [0.2, 0.25) is 16.0 Å². The first-order valence-corrected chi connectivity index (χ1v) is 7.51. The van der Waals surface area contributed by atoms with Gasteiger partial charge in [-0.3, -0.25) is 0 Å². The molecule has 7 heteroatoms. The summed E-state index contributed by atoms with van der Waals surface area (Å²) in [5.41, 5.74) is 0. The van der Waals surface area contributed by atoms with Crippen LogP contribution >= 0.6 is 0 Å². The van der Waals surface area contributed by atoms with Crippen LogP contribution in [0.2, 0.25) is 0 Å². The molecule has 2 rings (SSSR count). The molecule has 0 aromatic carbocycles. The summed E-state index contributed by atoms with van der Waals surface area (Å²) in [6, 6.07) is 0.0361. The molecule has 1 aliphatic rings. The van der Waals surface area contributed by atoms with Crippen LogP contribution in [-0.2, 0) is 10.0 Å². The SMILES string of the molecule is CNc1ncc(S(=O)(=O)NC2CCC(C)C2)cn1. The lowest BCUT2D eigenvalue weighted by Gasteiger charge is -2.12. The van der Waals surface area contributed by atoms with Crippen molar-refractivity contribution in [2.24, 2.45) is 5.92 Å². The fourth-order valence-corrected chi connectivity index (χ4v) is 3.36. The number of hydrogen-bond acceptors (Lipinski definition) is 5. The van der Waals surface area contributed by atoms with Gasteiger partial charge >= 0.3 is 0 Å². The van der Waals surface area contributed by atoms with E-state index in [1.807, 2.05) is 0 Å². The van der Waals surface area contributed by atoms with E-state index in [0.29, 0.717) is 11.9 Å². The Morgan fingerprint density at radius 2 is 1.94 bits per heavy atom. The first-order valence-electron chi connectivity index (χ1n) is 6.03. The van der Waals surface area contributed by atoms with Gasteiger partial charge in [0.05, 0.1) is 12.4 Å². The molecule has 1 fully saturated rings. The number of hydrogen-bond donors (Lipinski definition) is 2. The summed E-state index contributed by atoms with van der Waals surface area (Å²) < 4.78 is 26.9. The summed E-state index contributed by atoms with van der Waals surface area (Å²) in [7, 11) is -1.81. The summed E-state index contributed by atoms with van der Waals surface area (Å²) in [5, 5.41) is 2.75. The van der Waals surface area contributed by atoms with E-state index in [1.165, 1.54) is 12.4 Å². The molecule has 2 N–H and O–H groups in total. The maximum absolute atomic E-state index is 12.1. The molecular weight excluding hydrogens is 252 g/mol. The molecule has 0 radical (unpaired) electrons. The van der Waals surface area contributed by atoms with Gasteiger partial charge in [0.25, 0.3) is 0 Å². The zero-order valence-corrected chi connectivity index (χ0v) is 11.4. The summed E-state index contributed by atoms with van der Waals surface area (Å²) in [6.45, 7) is 2.14. The minimum absolute atomic E-state index is 0.0361. The minimum atomic E-state index is -3.49. The van der Waals surface area contributed by atoms with E-state index in [0.717, 1.165) is 19.3 Å². The topological polar surface area (TPSA) is 84.0 Å². The van der Waals surface area contributed by atoms with E-state index < -0.39 is 10.0 Å². The molecule has 0 aliphatic heterocycles. The van der Waals surface area contributed by atoms with Gasteiger partial charge in [-0.1, -0.05) is 6.92 Å². The van der Waals surface area contributed by atoms with Gasteiger partial charge in [-0.25, -0.2) is 23.1 Å². The molecule has 2 atom stereocenters. The van der Waals surface area contributed by atoms with Crippen molar-refractivity contribution in [2.45, 2.75) is 37.1 Å². The summed E-state index contributed by atoms with van der Waals surface area (Å²) >= 11 is 0. The van der Waals surface area contributed by atoms with Crippen molar-refractivity contribution in [2.75, 3.05) is 12.4 Å². The van der Waals surface area contributed by atoms with Crippen molar-refractivity contribution in [3.63, 3.8) is 0 Å². The second-order valence-electron chi connectivity index (χ2n) is 4.73. The Labute approximate surface area is 107 Å². The molecule has 0 amide bonds. The molecule has 18 heavy (non-hydrogen) atoms. The molecule has 1 heterocycles. The number of anilines is 1. The highest BCUT2D eigenvalue weighted by atomic mass is 32.2. The van der Waals surface area contributed by atoms with Gasteiger partial charge < -0.3 is 5.32 Å². The third-order valence-electron chi connectivity index (χ3n) is 3.18. The quantitative estimate of drug-likeness (QED) is 0.852. The summed E-state index contributed by atoms with van der Waals surface area (Å²) in [5.74, 6) is 0.990. The zero-order valence-electron chi connectivity index (χ0n) is 10.5. The molecule has 1 aromatic heterocycles. The van der Waals surface area contributed by atoms with Gasteiger partial charge in [-0.05, 0) is 25.2 Å². The Kier molecular flexibility index (Phi) is 3.82. The average molecular weight is 270 g/mol. The third-order valence-corrected chi connectivity index (χ3v) is 4.65. The lowest BCUT2D eigenvalue weighted by atomic mass is 10.1. The number of sulfonamides is 1. The van der Waals surface area contributed by atoms with Gasteiger partial charge in [0, 0.05) is 13.1 Å². The lowest BCUT2D eigenvalue weighted by molar-refractivity contribution is 0.538. The van der Waals surface area contributed by atoms with Crippen LogP contribution in [0.1, 0.15) is 26.2 Å². The Morgan fingerprint density at radius 1 is 1.28 bits per heavy atom. The Hall–Kier alpha value is -1.21. The molecular formula is C11H18N4O2S. The number of rotatable bonds is 4. The van der Waals surface area contributed by atoms with Gasteiger partial charge in [-0.15, -0.1) is 0 Å². The summed E-state index contributed by atoms with van der Waals surface area (Å²) in [6.07, 6.45) is 5.51. The Bertz CT molecular complexity index is 500. The monoisotopic (exact) mass is 270 g/mol. The average Bonchev–Trinajstić information content (AvgIpc) is 2.74. The molecule has 6 nitrogen and oxygen atoms in total. The van der Waals surface area contributed by atoms with Crippen LogP contribution in [-0.4, -0.2) is 31.5 Å². The molecule has 0 bridgehead atoms. The largest absolute Gasteiger partial charge is 0.357 e. The van der Waals surface area contributed by atoms with Gasteiger partial charge in [-0.2, -0.15) is 0 Å². The maximum atomic E-state index is 12.1. The zero-order chi connectivity index (χ0) is 13.2.